The summed E-state index contributed by atoms with van der Waals surface area (Å²) in [5, 5.41) is 2.76. The zero-order valence-corrected chi connectivity index (χ0v) is 16.3. The summed E-state index contributed by atoms with van der Waals surface area (Å²) in [6.45, 7) is 0. The normalized spacial score (nSPS) is 13.8. The molecule has 0 heterocycles. The van der Waals surface area contributed by atoms with Crippen LogP contribution in [0.25, 0.3) is 0 Å². The van der Waals surface area contributed by atoms with Crippen molar-refractivity contribution in [1.29, 1.82) is 0 Å². The number of benzene rings is 2. The van der Waals surface area contributed by atoms with Gasteiger partial charge in [-0.3, -0.25) is 4.79 Å². The number of nitrogens with one attached hydrogen (secondary N) is 2. The predicted molar refractivity (Wildman–Crippen MR) is 105 cm³/mol. The molecule has 2 N–H and O–H groups in total. The molecule has 0 unspecified atom stereocenters. The maximum absolute atomic E-state index is 12.1. The Bertz CT molecular complexity index is 949. The Morgan fingerprint density at radius 3 is 2.25 bits per heavy atom. The minimum absolute atomic E-state index is 0.0649. The SMILES string of the molecule is COC(=O)c1ccc(NC(=O)CCc2ccc(S(=O)(=O)NC3CC3)cc2)cc1. The fraction of sp³-hybridized carbons (Fsp3) is 0.300. The van der Waals surface area contributed by atoms with Gasteiger partial charge < -0.3 is 10.1 Å². The molecule has 148 valence electrons. The van der Waals surface area contributed by atoms with Gasteiger partial charge in [-0.25, -0.2) is 17.9 Å². The van der Waals surface area contributed by atoms with Crippen LogP contribution < -0.4 is 10.0 Å². The van der Waals surface area contributed by atoms with Gasteiger partial charge in [0.25, 0.3) is 0 Å². The van der Waals surface area contributed by atoms with Crippen LogP contribution in [0.4, 0.5) is 5.69 Å². The molecule has 1 amide bonds. The van der Waals surface area contributed by atoms with Crippen molar-refractivity contribution in [3.63, 3.8) is 0 Å². The highest BCUT2D eigenvalue weighted by molar-refractivity contribution is 7.89. The molecule has 8 heteroatoms. The third-order valence-corrected chi connectivity index (χ3v) is 5.90. The average Bonchev–Trinajstić information content (AvgIpc) is 3.50. The van der Waals surface area contributed by atoms with Gasteiger partial charge in [0.1, 0.15) is 0 Å². The van der Waals surface area contributed by atoms with E-state index < -0.39 is 16.0 Å². The van der Waals surface area contributed by atoms with E-state index in [1.54, 1.807) is 48.5 Å². The van der Waals surface area contributed by atoms with Gasteiger partial charge in [0.05, 0.1) is 17.6 Å². The molecule has 2 aromatic rings. The molecule has 1 saturated carbocycles. The van der Waals surface area contributed by atoms with Gasteiger partial charge in [0.2, 0.25) is 15.9 Å². The van der Waals surface area contributed by atoms with Crippen LogP contribution in [0.15, 0.2) is 53.4 Å². The monoisotopic (exact) mass is 402 g/mol. The first-order valence-corrected chi connectivity index (χ1v) is 10.5. The Morgan fingerprint density at radius 2 is 1.68 bits per heavy atom. The second-order valence-corrected chi connectivity index (χ2v) is 8.37. The molecule has 0 bridgehead atoms. The summed E-state index contributed by atoms with van der Waals surface area (Å²) in [7, 11) is -2.15. The highest BCUT2D eigenvalue weighted by Crippen LogP contribution is 2.22. The van der Waals surface area contributed by atoms with Crippen molar-refractivity contribution in [3.05, 3.63) is 59.7 Å². The van der Waals surface area contributed by atoms with Crippen molar-refractivity contribution in [1.82, 2.24) is 4.72 Å². The van der Waals surface area contributed by atoms with Gasteiger partial charge in [-0.15, -0.1) is 0 Å². The molecule has 3 rings (SSSR count). The fourth-order valence-corrected chi connectivity index (χ4v) is 3.92. The van der Waals surface area contributed by atoms with Crippen LogP contribution in [0, 0.1) is 0 Å². The number of esters is 1. The summed E-state index contributed by atoms with van der Waals surface area (Å²) in [6.07, 6.45) is 2.52. The van der Waals surface area contributed by atoms with E-state index in [1.165, 1.54) is 7.11 Å². The Morgan fingerprint density at radius 1 is 1.04 bits per heavy atom. The first-order valence-electron chi connectivity index (χ1n) is 8.97. The molecule has 0 saturated heterocycles. The third-order valence-electron chi connectivity index (χ3n) is 4.36. The van der Waals surface area contributed by atoms with Crippen molar-refractivity contribution in [2.45, 2.75) is 36.6 Å². The van der Waals surface area contributed by atoms with E-state index in [4.69, 9.17) is 0 Å². The summed E-state index contributed by atoms with van der Waals surface area (Å²) in [4.78, 5) is 23.7. The zero-order valence-electron chi connectivity index (χ0n) is 15.5. The number of amides is 1. The lowest BCUT2D eigenvalue weighted by molar-refractivity contribution is -0.116. The van der Waals surface area contributed by atoms with Gasteiger partial charge >= 0.3 is 5.97 Å². The molecule has 0 atom stereocenters. The maximum atomic E-state index is 12.1. The Hall–Kier alpha value is -2.71. The summed E-state index contributed by atoms with van der Waals surface area (Å²) < 4.78 is 31.6. The van der Waals surface area contributed by atoms with Crippen LogP contribution in [0.1, 0.15) is 35.2 Å². The minimum Gasteiger partial charge on any atom is -0.465 e. The van der Waals surface area contributed by atoms with E-state index in [2.05, 4.69) is 14.8 Å². The topological polar surface area (TPSA) is 102 Å². The maximum Gasteiger partial charge on any atom is 0.337 e. The van der Waals surface area contributed by atoms with Crippen LogP contribution in [-0.2, 0) is 26.0 Å². The summed E-state index contributed by atoms with van der Waals surface area (Å²) in [5.41, 5.74) is 1.87. The number of ether oxygens (including phenoxy) is 1. The summed E-state index contributed by atoms with van der Waals surface area (Å²) >= 11 is 0. The number of rotatable bonds is 8. The van der Waals surface area contributed by atoms with E-state index in [9.17, 15) is 18.0 Å². The molecule has 0 spiro atoms. The molecule has 1 aliphatic carbocycles. The number of hydrogen-bond donors (Lipinski definition) is 2. The molecule has 0 aromatic heterocycles. The molecule has 0 radical (unpaired) electrons. The van der Waals surface area contributed by atoms with E-state index in [0.29, 0.717) is 17.7 Å². The third kappa shape index (κ3) is 5.40. The van der Waals surface area contributed by atoms with Crippen LogP contribution in [-0.4, -0.2) is 33.4 Å². The van der Waals surface area contributed by atoms with Crippen molar-refractivity contribution in [3.8, 4) is 0 Å². The largest absolute Gasteiger partial charge is 0.465 e. The molecule has 7 nitrogen and oxygen atoms in total. The summed E-state index contributed by atoms with van der Waals surface area (Å²) in [6, 6.07) is 13.1. The van der Waals surface area contributed by atoms with E-state index in [0.717, 1.165) is 18.4 Å². The van der Waals surface area contributed by atoms with Crippen molar-refractivity contribution >= 4 is 27.6 Å². The number of sulfonamides is 1. The lowest BCUT2D eigenvalue weighted by atomic mass is 10.1. The lowest BCUT2D eigenvalue weighted by Gasteiger charge is -2.08. The Kier molecular flexibility index (Phi) is 6.11. The second-order valence-electron chi connectivity index (χ2n) is 6.66. The highest BCUT2D eigenvalue weighted by Gasteiger charge is 2.27. The Labute approximate surface area is 164 Å². The zero-order chi connectivity index (χ0) is 20.1. The van der Waals surface area contributed by atoms with Gasteiger partial charge in [0.15, 0.2) is 0 Å². The first kappa shape index (κ1) is 20.0. The van der Waals surface area contributed by atoms with Crippen LogP contribution in [0.5, 0.6) is 0 Å². The highest BCUT2D eigenvalue weighted by atomic mass is 32.2. The van der Waals surface area contributed by atoms with Gasteiger partial charge in [-0.05, 0) is 61.2 Å². The number of hydrogen-bond acceptors (Lipinski definition) is 5. The van der Waals surface area contributed by atoms with E-state index in [1.807, 2.05) is 0 Å². The predicted octanol–water partition coefficient (Wildman–Crippen LogP) is 2.49. The molecule has 2 aromatic carbocycles. The molecular weight excluding hydrogens is 380 g/mol. The fourth-order valence-electron chi connectivity index (χ4n) is 2.61. The van der Waals surface area contributed by atoms with Crippen LogP contribution in [0.2, 0.25) is 0 Å². The first-order chi connectivity index (χ1) is 13.4. The van der Waals surface area contributed by atoms with Crippen molar-refractivity contribution < 1.29 is 22.7 Å². The van der Waals surface area contributed by atoms with Gasteiger partial charge in [-0.1, -0.05) is 12.1 Å². The quantitative estimate of drug-likeness (QED) is 0.661. The van der Waals surface area contributed by atoms with Crippen LogP contribution >= 0.6 is 0 Å². The molecule has 1 fully saturated rings. The van der Waals surface area contributed by atoms with Crippen molar-refractivity contribution in [2.75, 3.05) is 12.4 Å². The van der Waals surface area contributed by atoms with E-state index in [-0.39, 0.29) is 23.3 Å². The number of carbonyl (C=O) groups is 2. The summed E-state index contributed by atoms with van der Waals surface area (Å²) in [5.74, 6) is -0.603. The average molecular weight is 402 g/mol. The second kappa shape index (κ2) is 8.53. The van der Waals surface area contributed by atoms with Crippen LogP contribution in [0.3, 0.4) is 0 Å². The lowest BCUT2D eigenvalue weighted by Crippen LogP contribution is -2.25. The number of anilines is 1. The van der Waals surface area contributed by atoms with Gasteiger partial charge in [-0.2, -0.15) is 0 Å². The smallest absolute Gasteiger partial charge is 0.337 e. The number of carbonyl (C=O) groups excluding carboxylic acids is 2. The molecule has 0 aliphatic heterocycles. The minimum atomic E-state index is -3.46. The van der Waals surface area contributed by atoms with Crippen molar-refractivity contribution in [2.24, 2.45) is 0 Å². The standard InChI is InChI=1S/C20H22N2O5S/c1-27-20(24)15-5-7-16(8-6-15)21-19(23)13-4-14-2-11-18(12-3-14)28(25,26)22-17-9-10-17/h2-3,5-8,11-12,17,22H,4,9-10,13H2,1H3,(H,21,23). The van der Waals surface area contributed by atoms with Gasteiger partial charge in [0, 0.05) is 18.2 Å². The Balaban J connectivity index is 1.51. The molecule has 1 aliphatic rings. The number of aryl methyl sites for hydroxylation is 1. The molecular formula is C20H22N2O5S. The molecule has 28 heavy (non-hydrogen) atoms. The van der Waals surface area contributed by atoms with E-state index >= 15 is 0 Å². The number of methoxy groups -OCH3 is 1.